The van der Waals surface area contributed by atoms with Gasteiger partial charge in [-0.2, -0.15) is 0 Å². The van der Waals surface area contributed by atoms with E-state index in [1.54, 1.807) is 14.2 Å². The molecule has 1 unspecified atom stereocenters. The molecule has 27 heavy (non-hydrogen) atoms. The van der Waals surface area contributed by atoms with Gasteiger partial charge in [-0.3, -0.25) is 9.59 Å². The first-order chi connectivity index (χ1) is 13.1. The lowest BCUT2D eigenvalue weighted by atomic mass is 9.94. The van der Waals surface area contributed by atoms with Gasteiger partial charge in [-0.25, -0.2) is 0 Å². The van der Waals surface area contributed by atoms with Crippen LogP contribution < -0.4 is 14.8 Å². The van der Waals surface area contributed by atoms with Crippen LogP contribution >= 0.6 is 0 Å². The molecule has 6 heteroatoms. The van der Waals surface area contributed by atoms with Crippen LogP contribution in [-0.2, 0) is 16.0 Å². The Hall–Kier alpha value is -2.24. The van der Waals surface area contributed by atoms with Crippen molar-refractivity contribution >= 4 is 11.8 Å². The summed E-state index contributed by atoms with van der Waals surface area (Å²) in [6.45, 7) is 1.09. The molecule has 1 aromatic carbocycles. The first-order valence-electron chi connectivity index (χ1n) is 9.90. The molecule has 2 aliphatic rings. The van der Waals surface area contributed by atoms with Gasteiger partial charge in [0.2, 0.25) is 11.8 Å². The highest BCUT2D eigenvalue weighted by molar-refractivity contribution is 5.89. The maximum atomic E-state index is 12.5. The molecule has 1 saturated heterocycles. The number of hydrogen-bond acceptors (Lipinski definition) is 4. The molecule has 3 rings (SSSR count). The molecule has 1 atom stereocenters. The van der Waals surface area contributed by atoms with Gasteiger partial charge < -0.3 is 19.7 Å². The number of carbonyl (C=O) groups is 2. The second kappa shape index (κ2) is 9.11. The molecule has 1 aromatic rings. The number of likely N-dealkylation sites (tertiary alicyclic amines) is 1. The third kappa shape index (κ3) is 4.73. The summed E-state index contributed by atoms with van der Waals surface area (Å²) in [6, 6.07) is 6.02. The van der Waals surface area contributed by atoms with Crippen molar-refractivity contribution in [2.24, 2.45) is 5.92 Å². The Balaban J connectivity index is 1.49. The average molecular weight is 374 g/mol. The second-order valence-electron chi connectivity index (χ2n) is 7.46. The largest absolute Gasteiger partial charge is 0.497 e. The van der Waals surface area contributed by atoms with E-state index in [0.29, 0.717) is 32.0 Å². The molecule has 1 N–H and O–H groups in total. The highest BCUT2D eigenvalue weighted by Crippen LogP contribution is 2.29. The van der Waals surface area contributed by atoms with Crippen LogP contribution in [0.2, 0.25) is 0 Å². The van der Waals surface area contributed by atoms with Gasteiger partial charge in [0.05, 0.1) is 20.1 Å². The van der Waals surface area contributed by atoms with Gasteiger partial charge in [0, 0.05) is 31.6 Å². The van der Waals surface area contributed by atoms with E-state index in [-0.39, 0.29) is 17.7 Å². The predicted molar refractivity (Wildman–Crippen MR) is 103 cm³/mol. The van der Waals surface area contributed by atoms with Crippen molar-refractivity contribution in [2.75, 3.05) is 27.3 Å². The number of rotatable bonds is 7. The summed E-state index contributed by atoms with van der Waals surface area (Å²) in [5.41, 5.74) is 1.02. The number of benzene rings is 1. The van der Waals surface area contributed by atoms with Crippen molar-refractivity contribution in [1.82, 2.24) is 10.2 Å². The van der Waals surface area contributed by atoms with Crippen molar-refractivity contribution in [1.29, 1.82) is 0 Å². The molecular weight excluding hydrogens is 344 g/mol. The molecule has 0 aromatic heterocycles. The van der Waals surface area contributed by atoms with E-state index in [1.165, 1.54) is 19.3 Å². The summed E-state index contributed by atoms with van der Waals surface area (Å²) >= 11 is 0. The topological polar surface area (TPSA) is 67.9 Å². The molecule has 2 fully saturated rings. The summed E-state index contributed by atoms with van der Waals surface area (Å²) in [4.78, 5) is 26.8. The van der Waals surface area contributed by atoms with E-state index >= 15 is 0 Å². The van der Waals surface area contributed by atoms with Gasteiger partial charge in [-0.15, -0.1) is 0 Å². The third-order valence-electron chi connectivity index (χ3n) is 5.73. The summed E-state index contributed by atoms with van der Waals surface area (Å²) in [5, 5.41) is 2.99. The Bertz CT molecular complexity index is 670. The Morgan fingerprint density at radius 1 is 1.19 bits per heavy atom. The summed E-state index contributed by atoms with van der Waals surface area (Å²) < 4.78 is 10.6. The normalized spacial score (nSPS) is 20.6. The van der Waals surface area contributed by atoms with Crippen LogP contribution in [0.5, 0.6) is 11.5 Å². The molecule has 148 valence electrons. The lowest BCUT2D eigenvalue weighted by Crippen LogP contribution is -2.39. The van der Waals surface area contributed by atoms with Crippen LogP contribution in [0.25, 0.3) is 0 Å². The van der Waals surface area contributed by atoms with Gasteiger partial charge >= 0.3 is 0 Å². The minimum atomic E-state index is -0.225. The predicted octanol–water partition coefficient (Wildman–Crippen LogP) is 2.54. The summed E-state index contributed by atoms with van der Waals surface area (Å²) in [6.07, 6.45) is 6.82. The van der Waals surface area contributed by atoms with E-state index in [9.17, 15) is 9.59 Å². The number of hydrogen-bond donors (Lipinski definition) is 1. The molecule has 1 aliphatic heterocycles. The maximum Gasteiger partial charge on any atom is 0.225 e. The zero-order valence-corrected chi connectivity index (χ0v) is 16.3. The fourth-order valence-electron chi connectivity index (χ4n) is 4.18. The van der Waals surface area contributed by atoms with E-state index in [2.05, 4.69) is 5.32 Å². The fraction of sp³-hybridized carbons (Fsp3) is 0.619. The molecule has 1 saturated carbocycles. The first kappa shape index (κ1) is 19.5. The fourth-order valence-corrected chi connectivity index (χ4v) is 4.18. The average Bonchev–Trinajstić information content (AvgIpc) is 3.10. The number of carbonyl (C=O) groups excluding carboxylic acids is 2. The lowest BCUT2D eigenvalue weighted by Gasteiger charge is -2.31. The van der Waals surface area contributed by atoms with Gasteiger partial charge in [0.1, 0.15) is 11.5 Å². The molecule has 0 bridgehead atoms. The van der Waals surface area contributed by atoms with Crippen LogP contribution in [0, 0.1) is 5.92 Å². The van der Waals surface area contributed by atoms with Crippen molar-refractivity contribution in [3.05, 3.63) is 23.8 Å². The Morgan fingerprint density at radius 3 is 2.67 bits per heavy atom. The number of ether oxygens (including phenoxy) is 2. The van der Waals surface area contributed by atoms with Crippen LogP contribution in [0.4, 0.5) is 0 Å². The SMILES string of the molecule is COc1ccc(CCNC(=O)C2CC(=O)N(C3CCCCC3)C2)c(OC)c1. The van der Waals surface area contributed by atoms with Gasteiger partial charge in [0.25, 0.3) is 0 Å². The highest BCUT2D eigenvalue weighted by atomic mass is 16.5. The second-order valence-corrected chi connectivity index (χ2v) is 7.46. The van der Waals surface area contributed by atoms with Crippen molar-refractivity contribution in [2.45, 2.75) is 51.0 Å². The van der Waals surface area contributed by atoms with Crippen LogP contribution in [0.1, 0.15) is 44.1 Å². The van der Waals surface area contributed by atoms with Gasteiger partial charge in [-0.05, 0) is 30.9 Å². The number of nitrogens with one attached hydrogen (secondary N) is 1. The maximum absolute atomic E-state index is 12.5. The molecule has 6 nitrogen and oxygen atoms in total. The molecule has 0 radical (unpaired) electrons. The summed E-state index contributed by atoms with van der Waals surface area (Å²) in [5.74, 6) is 1.39. The lowest BCUT2D eigenvalue weighted by molar-refractivity contribution is -0.130. The van der Waals surface area contributed by atoms with Crippen molar-refractivity contribution in [3.8, 4) is 11.5 Å². The van der Waals surface area contributed by atoms with Crippen molar-refractivity contribution < 1.29 is 19.1 Å². The monoisotopic (exact) mass is 374 g/mol. The molecular formula is C21H30N2O4. The zero-order valence-electron chi connectivity index (χ0n) is 16.3. The number of amides is 2. The zero-order chi connectivity index (χ0) is 19.2. The smallest absolute Gasteiger partial charge is 0.225 e. The minimum absolute atomic E-state index is 0.0193. The Morgan fingerprint density at radius 2 is 1.96 bits per heavy atom. The Kier molecular flexibility index (Phi) is 6.58. The van der Waals surface area contributed by atoms with E-state index in [0.717, 1.165) is 29.9 Å². The van der Waals surface area contributed by atoms with Gasteiger partial charge in [0.15, 0.2) is 0 Å². The van der Waals surface area contributed by atoms with E-state index in [1.807, 2.05) is 23.1 Å². The van der Waals surface area contributed by atoms with Crippen LogP contribution in [0.3, 0.4) is 0 Å². The number of nitrogens with zero attached hydrogens (tertiary/aromatic N) is 1. The van der Waals surface area contributed by atoms with Gasteiger partial charge in [-0.1, -0.05) is 25.3 Å². The van der Waals surface area contributed by atoms with Crippen LogP contribution in [-0.4, -0.2) is 50.1 Å². The van der Waals surface area contributed by atoms with Crippen LogP contribution in [0.15, 0.2) is 18.2 Å². The minimum Gasteiger partial charge on any atom is -0.497 e. The highest BCUT2D eigenvalue weighted by Gasteiger charge is 2.37. The molecule has 0 spiro atoms. The first-order valence-corrected chi connectivity index (χ1v) is 9.90. The molecule has 1 heterocycles. The quantitative estimate of drug-likeness (QED) is 0.796. The third-order valence-corrected chi connectivity index (χ3v) is 5.73. The number of methoxy groups -OCH3 is 2. The summed E-state index contributed by atoms with van der Waals surface area (Å²) in [7, 11) is 3.25. The van der Waals surface area contributed by atoms with E-state index in [4.69, 9.17) is 9.47 Å². The Labute approximate surface area is 161 Å². The molecule has 2 amide bonds. The van der Waals surface area contributed by atoms with Crippen molar-refractivity contribution in [3.63, 3.8) is 0 Å². The standard InChI is InChI=1S/C21H30N2O4/c1-26-18-9-8-15(19(13-18)27-2)10-11-22-21(25)16-12-20(24)23(14-16)17-6-4-3-5-7-17/h8-9,13,16-17H,3-7,10-12,14H2,1-2H3,(H,22,25). The molecule has 1 aliphatic carbocycles. The van der Waals surface area contributed by atoms with E-state index < -0.39 is 0 Å².